The zero-order valence-corrected chi connectivity index (χ0v) is 14.1. The van der Waals surface area contributed by atoms with Crippen LogP contribution in [0.4, 0.5) is 4.79 Å². The van der Waals surface area contributed by atoms with Crippen molar-refractivity contribution in [1.29, 1.82) is 0 Å². The van der Waals surface area contributed by atoms with E-state index in [2.05, 4.69) is 0 Å². The summed E-state index contributed by atoms with van der Waals surface area (Å²) >= 11 is 0. The lowest BCUT2D eigenvalue weighted by atomic mass is 10.00. The van der Waals surface area contributed by atoms with Gasteiger partial charge in [-0.05, 0) is 33.6 Å². The Bertz CT molecular complexity index is 463. The first-order valence-corrected chi connectivity index (χ1v) is 7.96. The molecule has 0 spiro atoms. The van der Waals surface area contributed by atoms with Gasteiger partial charge in [-0.1, -0.05) is 13.8 Å². The largest absolute Gasteiger partial charge is 0.444 e. The second kappa shape index (κ2) is 5.89. The van der Waals surface area contributed by atoms with Crippen LogP contribution in [0.15, 0.2) is 0 Å². The van der Waals surface area contributed by atoms with Gasteiger partial charge in [0.1, 0.15) is 5.60 Å². The molecule has 0 radical (unpaired) electrons. The predicted octanol–water partition coefficient (Wildman–Crippen LogP) is 2.03. The molecule has 6 heteroatoms. The topological polar surface area (TPSA) is 66.9 Å². The number of hydrogen-bond acceptors (Lipinski definition) is 4. The van der Waals surface area contributed by atoms with E-state index < -0.39 is 5.60 Å². The van der Waals surface area contributed by atoms with Crippen LogP contribution < -0.4 is 0 Å². The molecule has 3 unspecified atom stereocenters. The average Bonchev–Trinajstić information content (AvgIpc) is 2.61. The average molecular weight is 310 g/mol. The minimum atomic E-state index is -0.549. The lowest BCUT2D eigenvalue weighted by Crippen LogP contribution is -2.52. The van der Waals surface area contributed by atoms with Crippen LogP contribution in [0.5, 0.6) is 0 Å². The lowest BCUT2D eigenvalue weighted by Gasteiger charge is -2.37. The van der Waals surface area contributed by atoms with Gasteiger partial charge in [-0.25, -0.2) is 4.79 Å². The standard InChI is InChI=1S/C16H26N2O4/c1-10-11(2)14(20)18(13(10)19)12-7-6-8-17(9-12)15(21)22-16(3,4)5/h10-12H,6-9H2,1-5H3. The third kappa shape index (κ3) is 3.25. The fourth-order valence-corrected chi connectivity index (χ4v) is 2.99. The van der Waals surface area contributed by atoms with Crippen molar-refractivity contribution in [1.82, 2.24) is 9.80 Å². The van der Waals surface area contributed by atoms with Gasteiger partial charge in [0, 0.05) is 24.9 Å². The Morgan fingerprint density at radius 3 is 2.18 bits per heavy atom. The molecule has 0 aromatic rings. The van der Waals surface area contributed by atoms with Gasteiger partial charge in [0.05, 0.1) is 6.04 Å². The summed E-state index contributed by atoms with van der Waals surface area (Å²) in [5, 5.41) is 0. The highest BCUT2D eigenvalue weighted by molar-refractivity contribution is 6.05. The second-order valence-corrected chi connectivity index (χ2v) is 7.35. The van der Waals surface area contributed by atoms with E-state index in [1.54, 1.807) is 18.7 Å². The Labute approximate surface area is 131 Å². The van der Waals surface area contributed by atoms with Crippen molar-refractivity contribution < 1.29 is 19.1 Å². The molecule has 2 heterocycles. The van der Waals surface area contributed by atoms with Crippen molar-refractivity contribution >= 4 is 17.9 Å². The molecular weight excluding hydrogens is 284 g/mol. The molecule has 2 aliphatic rings. The van der Waals surface area contributed by atoms with Crippen LogP contribution in [0.2, 0.25) is 0 Å². The second-order valence-electron chi connectivity index (χ2n) is 7.35. The summed E-state index contributed by atoms with van der Waals surface area (Å²) in [6.45, 7) is 10.0. The number of amides is 3. The first kappa shape index (κ1) is 16.8. The van der Waals surface area contributed by atoms with Crippen molar-refractivity contribution in [3.63, 3.8) is 0 Å². The van der Waals surface area contributed by atoms with E-state index in [0.29, 0.717) is 13.1 Å². The summed E-state index contributed by atoms with van der Waals surface area (Å²) in [6, 6.07) is -0.228. The van der Waals surface area contributed by atoms with E-state index in [1.165, 1.54) is 4.90 Å². The van der Waals surface area contributed by atoms with Crippen LogP contribution in [-0.2, 0) is 14.3 Å². The van der Waals surface area contributed by atoms with Crippen LogP contribution in [0, 0.1) is 11.8 Å². The van der Waals surface area contributed by atoms with Gasteiger partial charge >= 0.3 is 6.09 Å². The minimum absolute atomic E-state index is 0.117. The Morgan fingerprint density at radius 2 is 1.68 bits per heavy atom. The molecule has 22 heavy (non-hydrogen) atoms. The summed E-state index contributed by atoms with van der Waals surface area (Å²) in [7, 11) is 0. The molecule has 0 aromatic heterocycles. The van der Waals surface area contributed by atoms with E-state index >= 15 is 0 Å². The van der Waals surface area contributed by atoms with Crippen LogP contribution in [-0.4, -0.2) is 52.4 Å². The molecule has 0 bridgehead atoms. The van der Waals surface area contributed by atoms with Gasteiger partial charge in [-0.3, -0.25) is 14.5 Å². The maximum Gasteiger partial charge on any atom is 0.410 e. The van der Waals surface area contributed by atoms with Crippen molar-refractivity contribution in [3.8, 4) is 0 Å². The van der Waals surface area contributed by atoms with Crippen LogP contribution in [0.3, 0.4) is 0 Å². The Balaban J connectivity index is 2.06. The maximum atomic E-state index is 12.3. The van der Waals surface area contributed by atoms with Crippen molar-refractivity contribution in [2.24, 2.45) is 11.8 Å². The van der Waals surface area contributed by atoms with Gasteiger partial charge in [0.15, 0.2) is 0 Å². The molecule has 0 aliphatic carbocycles. The molecule has 0 saturated carbocycles. The summed E-state index contributed by atoms with van der Waals surface area (Å²) < 4.78 is 5.38. The summed E-state index contributed by atoms with van der Waals surface area (Å²) in [5.74, 6) is -0.782. The van der Waals surface area contributed by atoms with Crippen molar-refractivity contribution in [2.75, 3.05) is 13.1 Å². The quantitative estimate of drug-likeness (QED) is 0.695. The normalized spacial score (nSPS) is 30.0. The van der Waals surface area contributed by atoms with Gasteiger partial charge in [-0.15, -0.1) is 0 Å². The van der Waals surface area contributed by atoms with E-state index in [1.807, 2.05) is 20.8 Å². The fraction of sp³-hybridized carbons (Fsp3) is 0.812. The fourth-order valence-electron chi connectivity index (χ4n) is 2.99. The molecule has 2 fully saturated rings. The molecule has 3 atom stereocenters. The van der Waals surface area contributed by atoms with Crippen LogP contribution in [0.25, 0.3) is 0 Å². The van der Waals surface area contributed by atoms with Gasteiger partial charge in [0.2, 0.25) is 11.8 Å². The first-order chi connectivity index (χ1) is 10.1. The van der Waals surface area contributed by atoms with Crippen molar-refractivity contribution in [2.45, 2.75) is 59.1 Å². The molecule has 6 nitrogen and oxygen atoms in total. The van der Waals surface area contributed by atoms with Gasteiger partial charge < -0.3 is 9.64 Å². The molecule has 3 amide bonds. The zero-order valence-electron chi connectivity index (χ0n) is 14.1. The van der Waals surface area contributed by atoms with Crippen molar-refractivity contribution in [3.05, 3.63) is 0 Å². The smallest absolute Gasteiger partial charge is 0.410 e. The zero-order chi connectivity index (χ0) is 16.7. The number of carbonyl (C=O) groups is 3. The molecule has 0 aromatic carbocycles. The van der Waals surface area contributed by atoms with E-state index in [0.717, 1.165) is 12.8 Å². The number of imide groups is 1. The SMILES string of the molecule is CC1C(=O)N(C2CCCN(C(=O)OC(C)(C)C)C2)C(=O)C1C. The predicted molar refractivity (Wildman–Crippen MR) is 81.0 cm³/mol. The molecule has 2 aliphatic heterocycles. The third-order valence-electron chi connectivity index (χ3n) is 4.42. The van der Waals surface area contributed by atoms with E-state index in [9.17, 15) is 14.4 Å². The number of nitrogens with zero attached hydrogens (tertiary/aromatic N) is 2. The van der Waals surface area contributed by atoms with Gasteiger partial charge in [-0.2, -0.15) is 0 Å². The molecule has 2 saturated heterocycles. The maximum absolute atomic E-state index is 12.3. The minimum Gasteiger partial charge on any atom is -0.444 e. The Hall–Kier alpha value is -1.59. The lowest BCUT2D eigenvalue weighted by molar-refractivity contribution is -0.143. The molecular formula is C16H26N2O4. The van der Waals surface area contributed by atoms with Crippen LogP contribution >= 0.6 is 0 Å². The van der Waals surface area contributed by atoms with E-state index in [-0.39, 0.29) is 35.8 Å². The Kier molecular flexibility index (Phi) is 4.49. The number of piperidine rings is 1. The number of likely N-dealkylation sites (tertiary alicyclic amines) is 2. The Morgan fingerprint density at radius 1 is 1.14 bits per heavy atom. The highest BCUT2D eigenvalue weighted by atomic mass is 16.6. The monoisotopic (exact) mass is 310 g/mol. The number of carbonyl (C=O) groups excluding carboxylic acids is 3. The van der Waals surface area contributed by atoms with Gasteiger partial charge in [0.25, 0.3) is 0 Å². The first-order valence-electron chi connectivity index (χ1n) is 7.96. The summed E-state index contributed by atoms with van der Waals surface area (Å²) in [4.78, 5) is 39.8. The summed E-state index contributed by atoms with van der Waals surface area (Å²) in [6.07, 6.45) is 1.14. The number of rotatable bonds is 1. The number of ether oxygens (including phenoxy) is 1. The molecule has 0 N–H and O–H groups in total. The summed E-state index contributed by atoms with van der Waals surface area (Å²) in [5.41, 5.74) is -0.549. The van der Waals surface area contributed by atoms with Crippen LogP contribution in [0.1, 0.15) is 47.5 Å². The third-order valence-corrected chi connectivity index (χ3v) is 4.42. The number of hydrogen-bond donors (Lipinski definition) is 0. The molecule has 124 valence electrons. The van der Waals surface area contributed by atoms with E-state index in [4.69, 9.17) is 4.74 Å². The molecule has 2 rings (SSSR count). The highest BCUT2D eigenvalue weighted by Crippen LogP contribution is 2.30. The highest BCUT2D eigenvalue weighted by Gasteiger charge is 2.46.